The van der Waals surface area contributed by atoms with Gasteiger partial charge in [0.05, 0.1) is 23.5 Å². The van der Waals surface area contributed by atoms with Gasteiger partial charge in [-0.2, -0.15) is 18.3 Å². The fourth-order valence-electron chi connectivity index (χ4n) is 4.39. The molecule has 0 spiro atoms. The Balaban J connectivity index is 1.30. The Morgan fingerprint density at radius 1 is 1.08 bits per heavy atom. The van der Waals surface area contributed by atoms with Crippen molar-refractivity contribution in [1.82, 2.24) is 34.7 Å². The molecule has 1 fully saturated rings. The number of aryl methyl sites for hydroxylation is 2. The number of aromatic nitrogens is 7. The molecule has 0 saturated heterocycles. The lowest BCUT2D eigenvalue weighted by Crippen LogP contribution is -2.08. The van der Waals surface area contributed by atoms with E-state index in [4.69, 9.17) is 14.7 Å². The number of hydrogen-bond acceptors (Lipinski definition) is 9. The van der Waals surface area contributed by atoms with E-state index in [9.17, 15) is 13.2 Å². The van der Waals surface area contributed by atoms with Crippen LogP contribution in [0.4, 0.5) is 19.0 Å². The van der Waals surface area contributed by atoms with Gasteiger partial charge in [-0.1, -0.05) is 23.5 Å². The van der Waals surface area contributed by atoms with Crippen LogP contribution >= 0.6 is 11.3 Å². The molecule has 1 aliphatic rings. The van der Waals surface area contributed by atoms with Gasteiger partial charge in [0.15, 0.2) is 17.3 Å². The molecule has 0 atom stereocenters. The highest BCUT2D eigenvalue weighted by Crippen LogP contribution is 2.45. The first-order chi connectivity index (χ1) is 18.7. The minimum Gasteiger partial charge on any atom is -0.480 e. The molecule has 39 heavy (non-hydrogen) atoms. The molecule has 0 unspecified atom stereocenters. The molecule has 5 aromatic rings. The van der Waals surface area contributed by atoms with Crippen LogP contribution in [0.15, 0.2) is 36.7 Å². The van der Waals surface area contributed by atoms with E-state index in [0.717, 1.165) is 40.0 Å². The van der Waals surface area contributed by atoms with Crippen LogP contribution in [-0.4, -0.2) is 41.8 Å². The fraction of sp³-hybridized carbons (Fsp3) is 0.308. The second kappa shape index (κ2) is 9.56. The van der Waals surface area contributed by atoms with Crippen molar-refractivity contribution in [2.75, 3.05) is 12.4 Å². The molecular weight excluding hydrogens is 529 g/mol. The first-order valence-corrected chi connectivity index (χ1v) is 13.0. The predicted molar refractivity (Wildman–Crippen MR) is 140 cm³/mol. The summed E-state index contributed by atoms with van der Waals surface area (Å²) in [5.74, 6) is 1.79. The number of thiazole rings is 1. The van der Waals surface area contributed by atoms with Gasteiger partial charge in [0.2, 0.25) is 5.88 Å². The third kappa shape index (κ3) is 4.89. The molecule has 0 radical (unpaired) electrons. The summed E-state index contributed by atoms with van der Waals surface area (Å²) in [7, 11) is 1.56. The molecule has 200 valence electrons. The first-order valence-electron chi connectivity index (χ1n) is 12.2. The topological polar surface area (TPSA) is 104 Å². The SMILES string of the molecule is COc1ncnc(C2CC2)c1-c1nc(NCc2ccc(-n3nc(C(F)(F)F)cc3C)cc2)c2nc(C)sc2n1. The molecule has 6 rings (SSSR count). The molecule has 0 aliphatic heterocycles. The van der Waals surface area contributed by atoms with Crippen molar-refractivity contribution in [3.05, 3.63) is 64.3 Å². The van der Waals surface area contributed by atoms with Crippen LogP contribution in [-0.2, 0) is 12.7 Å². The lowest BCUT2D eigenvalue weighted by Gasteiger charge is -2.13. The van der Waals surface area contributed by atoms with Crippen LogP contribution < -0.4 is 10.1 Å². The van der Waals surface area contributed by atoms with E-state index in [2.05, 4.69) is 25.4 Å². The molecule has 1 saturated carbocycles. The molecule has 1 aliphatic carbocycles. The second-order valence-corrected chi connectivity index (χ2v) is 10.5. The van der Waals surface area contributed by atoms with Crippen molar-refractivity contribution in [1.29, 1.82) is 0 Å². The summed E-state index contributed by atoms with van der Waals surface area (Å²) in [4.78, 5) is 23.8. The summed E-state index contributed by atoms with van der Waals surface area (Å²) in [6.07, 6.45) is -0.897. The lowest BCUT2D eigenvalue weighted by molar-refractivity contribution is -0.141. The maximum absolute atomic E-state index is 13.1. The van der Waals surface area contributed by atoms with E-state index >= 15 is 0 Å². The van der Waals surface area contributed by atoms with Gasteiger partial charge in [-0.15, -0.1) is 0 Å². The Morgan fingerprint density at radius 2 is 1.85 bits per heavy atom. The van der Waals surface area contributed by atoms with Gasteiger partial charge in [-0.25, -0.2) is 29.6 Å². The Morgan fingerprint density at radius 3 is 2.51 bits per heavy atom. The molecule has 0 bridgehead atoms. The molecule has 1 aromatic carbocycles. The first kappa shape index (κ1) is 25.2. The smallest absolute Gasteiger partial charge is 0.435 e. The average molecular weight is 553 g/mol. The molecule has 9 nitrogen and oxygen atoms in total. The Bertz CT molecular complexity index is 1680. The number of benzene rings is 1. The third-order valence-corrected chi connectivity index (χ3v) is 7.27. The highest BCUT2D eigenvalue weighted by atomic mass is 32.1. The Labute approximate surface area is 225 Å². The summed E-state index contributed by atoms with van der Waals surface area (Å²) in [6.45, 7) is 3.91. The number of nitrogens with one attached hydrogen (secondary N) is 1. The van der Waals surface area contributed by atoms with Crippen molar-refractivity contribution in [2.24, 2.45) is 0 Å². The van der Waals surface area contributed by atoms with Gasteiger partial charge in [-0.3, -0.25) is 0 Å². The maximum Gasteiger partial charge on any atom is 0.435 e. The Hall–Kier alpha value is -4.13. The fourth-order valence-corrected chi connectivity index (χ4v) is 5.18. The van der Waals surface area contributed by atoms with Gasteiger partial charge >= 0.3 is 6.18 Å². The van der Waals surface area contributed by atoms with Crippen LogP contribution in [0, 0.1) is 13.8 Å². The molecule has 0 amide bonds. The largest absolute Gasteiger partial charge is 0.480 e. The number of methoxy groups -OCH3 is 1. The zero-order valence-corrected chi connectivity index (χ0v) is 22.1. The molecule has 4 aromatic heterocycles. The molecular formula is C26H23F3N8OS. The second-order valence-electron chi connectivity index (χ2n) is 9.30. The van der Waals surface area contributed by atoms with E-state index in [1.807, 2.05) is 19.1 Å². The minimum absolute atomic E-state index is 0.333. The van der Waals surface area contributed by atoms with Gasteiger partial charge < -0.3 is 10.1 Å². The zero-order valence-electron chi connectivity index (χ0n) is 21.2. The highest BCUT2D eigenvalue weighted by molar-refractivity contribution is 7.18. The van der Waals surface area contributed by atoms with E-state index in [1.165, 1.54) is 22.3 Å². The standard InChI is InChI=1S/C26H23F3N8OS/c1-13-10-18(26(27,28)29)36-37(13)17-8-4-15(5-9-17)11-30-23-21-25(39-14(2)33-21)35-22(34-23)19-20(16-6-7-16)31-12-32-24(19)38-3/h4-5,8-10,12,16H,6-7,11H2,1-3H3,(H,30,34,35). The zero-order chi connectivity index (χ0) is 27.3. The Kier molecular flexibility index (Phi) is 6.17. The highest BCUT2D eigenvalue weighted by Gasteiger charge is 2.34. The van der Waals surface area contributed by atoms with Crippen LogP contribution in [0.5, 0.6) is 5.88 Å². The van der Waals surface area contributed by atoms with Crippen molar-refractivity contribution in [3.63, 3.8) is 0 Å². The monoisotopic (exact) mass is 552 g/mol. The molecule has 13 heteroatoms. The van der Waals surface area contributed by atoms with Crippen LogP contribution in [0.1, 0.15) is 46.4 Å². The minimum atomic E-state index is -4.50. The van der Waals surface area contributed by atoms with Gasteiger partial charge in [0.1, 0.15) is 22.2 Å². The van der Waals surface area contributed by atoms with Gasteiger partial charge in [0, 0.05) is 18.2 Å². The maximum atomic E-state index is 13.1. The number of alkyl halides is 3. The predicted octanol–water partition coefficient (Wildman–Crippen LogP) is 5.86. The van der Waals surface area contributed by atoms with Crippen molar-refractivity contribution < 1.29 is 17.9 Å². The van der Waals surface area contributed by atoms with E-state index < -0.39 is 11.9 Å². The van der Waals surface area contributed by atoms with Crippen LogP contribution in [0.3, 0.4) is 0 Å². The molecule has 4 heterocycles. The number of hydrogen-bond donors (Lipinski definition) is 1. The number of nitrogens with zero attached hydrogens (tertiary/aromatic N) is 7. The van der Waals surface area contributed by atoms with Crippen LogP contribution in [0.2, 0.25) is 0 Å². The number of fused-ring (bicyclic) bond motifs is 1. The van der Waals surface area contributed by atoms with E-state index in [1.54, 1.807) is 26.2 Å². The average Bonchev–Trinajstić information content (AvgIpc) is 3.58. The number of halogens is 3. The van der Waals surface area contributed by atoms with Gasteiger partial charge in [-0.05, 0) is 50.5 Å². The van der Waals surface area contributed by atoms with E-state index in [0.29, 0.717) is 52.4 Å². The van der Waals surface area contributed by atoms with Crippen LogP contribution in [0.25, 0.3) is 27.4 Å². The van der Waals surface area contributed by atoms with E-state index in [-0.39, 0.29) is 0 Å². The number of anilines is 1. The van der Waals surface area contributed by atoms with Crippen molar-refractivity contribution >= 4 is 27.5 Å². The third-order valence-electron chi connectivity index (χ3n) is 6.41. The summed E-state index contributed by atoms with van der Waals surface area (Å²) >= 11 is 1.47. The normalized spacial score (nSPS) is 13.7. The van der Waals surface area contributed by atoms with Gasteiger partial charge in [0.25, 0.3) is 0 Å². The quantitative estimate of drug-likeness (QED) is 0.268. The summed E-state index contributed by atoms with van der Waals surface area (Å²) in [6, 6.07) is 8.17. The van der Waals surface area contributed by atoms with Crippen molar-refractivity contribution in [2.45, 2.75) is 45.3 Å². The summed E-state index contributed by atoms with van der Waals surface area (Å²) < 4.78 is 46.0. The lowest BCUT2D eigenvalue weighted by atomic mass is 10.1. The number of rotatable bonds is 7. The summed E-state index contributed by atoms with van der Waals surface area (Å²) in [5, 5.41) is 7.94. The molecule has 1 N–H and O–H groups in total. The van der Waals surface area contributed by atoms with Crippen molar-refractivity contribution in [3.8, 4) is 23.0 Å². The summed E-state index contributed by atoms with van der Waals surface area (Å²) in [5.41, 5.74) is 3.15. The number of ether oxygens (including phenoxy) is 1.